The highest BCUT2D eigenvalue weighted by Gasteiger charge is 2.08. The highest BCUT2D eigenvalue weighted by molar-refractivity contribution is 5.92. The number of hydrogen-bond acceptors (Lipinski definition) is 4. The van der Waals surface area contributed by atoms with Crippen molar-refractivity contribution in [3.63, 3.8) is 0 Å². The second-order valence-electron chi connectivity index (χ2n) is 4.83. The van der Waals surface area contributed by atoms with Crippen molar-refractivity contribution in [2.75, 3.05) is 11.9 Å². The molecule has 0 atom stereocenters. The van der Waals surface area contributed by atoms with Crippen LogP contribution in [-0.4, -0.2) is 17.4 Å². The average Bonchev–Trinajstić information content (AvgIpc) is 3.03. The molecule has 5 heteroatoms. The van der Waals surface area contributed by atoms with E-state index in [0.29, 0.717) is 12.2 Å². The van der Waals surface area contributed by atoms with E-state index in [0.717, 1.165) is 24.4 Å². The Morgan fingerprint density at radius 3 is 3.00 bits per heavy atom. The van der Waals surface area contributed by atoms with E-state index in [1.54, 1.807) is 24.6 Å². The summed E-state index contributed by atoms with van der Waals surface area (Å²) in [5.74, 6) is 0.515. The number of furan rings is 1. The molecule has 21 heavy (non-hydrogen) atoms. The number of carbonyl (C=O) groups excluding carboxylic acids is 1. The Bertz CT molecular complexity index is 552. The molecule has 112 valence electrons. The van der Waals surface area contributed by atoms with Crippen molar-refractivity contribution < 1.29 is 9.21 Å². The molecule has 0 aromatic carbocycles. The first-order valence-electron chi connectivity index (χ1n) is 7.30. The fourth-order valence-corrected chi connectivity index (χ4v) is 1.94. The van der Waals surface area contributed by atoms with Gasteiger partial charge in [0, 0.05) is 18.4 Å². The first-order valence-corrected chi connectivity index (χ1v) is 7.30. The van der Waals surface area contributed by atoms with Gasteiger partial charge in [-0.3, -0.25) is 9.78 Å². The van der Waals surface area contributed by atoms with Gasteiger partial charge >= 0.3 is 0 Å². The van der Waals surface area contributed by atoms with Crippen molar-refractivity contribution in [1.29, 1.82) is 0 Å². The molecule has 0 unspecified atom stereocenters. The summed E-state index contributed by atoms with van der Waals surface area (Å²) < 4.78 is 5.17. The van der Waals surface area contributed by atoms with Crippen LogP contribution in [0.1, 0.15) is 42.4 Å². The van der Waals surface area contributed by atoms with Crippen LogP contribution in [0.3, 0.4) is 0 Å². The molecule has 0 saturated carbocycles. The molecule has 2 aromatic rings. The van der Waals surface area contributed by atoms with E-state index in [4.69, 9.17) is 4.42 Å². The van der Waals surface area contributed by atoms with Crippen molar-refractivity contribution in [1.82, 2.24) is 10.3 Å². The summed E-state index contributed by atoms with van der Waals surface area (Å²) in [4.78, 5) is 16.1. The minimum Gasteiger partial charge on any atom is -0.467 e. The number of anilines is 1. The fraction of sp³-hybridized carbons (Fsp3) is 0.375. The molecule has 0 aliphatic heterocycles. The first kappa shape index (κ1) is 15.1. The third-order valence-electron chi connectivity index (χ3n) is 3.11. The monoisotopic (exact) mass is 287 g/mol. The number of hydrogen-bond donors (Lipinski definition) is 2. The van der Waals surface area contributed by atoms with Gasteiger partial charge in [0.05, 0.1) is 12.8 Å². The van der Waals surface area contributed by atoms with Crippen molar-refractivity contribution in [2.45, 2.75) is 32.7 Å². The van der Waals surface area contributed by atoms with Crippen LogP contribution in [0.2, 0.25) is 0 Å². The maximum absolute atomic E-state index is 12.0. The van der Waals surface area contributed by atoms with Crippen molar-refractivity contribution in [3.8, 4) is 0 Å². The van der Waals surface area contributed by atoms with Crippen LogP contribution in [0.4, 0.5) is 5.69 Å². The van der Waals surface area contributed by atoms with Crippen LogP contribution in [0, 0.1) is 0 Å². The van der Waals surface area contributed by atoms with Crippen LogP contribution in [0.15, 0.2) is 41.1 Å². The Morgan fingerprint density at radius 2 is 2.24 bits per heavy atom. The van der Waals surface area contributed by atoms with Crippen LogP contribution in [-0.2, 0) is 6.54 Å². The smallest absolute Gasteiger partial charge is 0.270 e. The third-order valence-corrected chi connectivity index (χ3v) is 3.11. The second kappa shape index (κ2) is 8.09. The second-order valence-corrected chi connectivity index (χ2v) is 4.83. The maximum Gasteiger partial charge on any atom is 0.270 e. The van der Waals surface area contributed by atoms with Gasteiger partial charge in [-0.1, -0.05) is 19.8 Å². The molecule has 1 amide bonds. The molecular weight excluding hydrogens is 266 g/mol. The Balaban J connectivity index is 1.85. The molecular formula is C16H21N3O2. The molecule has 0 bridgehead atoms. The maximum atomic E-state index is 12.0. The number of pyridine rings is 1. The van der Waals surface area contributed by atoms with E-state index in [2.05, 4.69) is 22.5 Å². The number of amides is 1. The van der Waals surface area contributed by atoms with Crippen molar-refractivity contribution in [2.24, 2.45) is 0 Å². The third kappa shape index (κ3) is 4.95. The van der Waals surface area contributed by atoms with Crippen LogP contribution in [0.5, 0.6) is 0 Å². The molecule has 2 heterocycles. The molecule has 2 aromatic heterocycles. The van der Waals surface area contributed by atoms with Gasteiger partial charge in [0.2, 0.25) is 0 Å². The number of rotatable bonds is 8. The SMILES string of the molecule is CCCCCNc1ccnc(C(=O)NCc2ccco2)c1. The Morgan fingerprint density at radius 1 is 1.33 bits per heavy atom. The highest BCUT2D eigenvalue weighted by atomic mass is 16.3. The predicted molar refractivity (Wildman–Crippen MR) is 82.1 cm³/mol. The summed E-state index contributed by atoms with van der Waals surface area (Å²) >= 11 is 0. The van der Waals surface area contributed by atoms with Gasteiger partial charge < -0.3 is 15.1 Å². The van der Waals surface area contributed by atoms with Gasteiger partial charge in [-0.15, -0.1) is 0 Å². The zero-order valence-electron chi connectivity index (χ0n) is 12.3. The zero-order chi connectivity index (χ0) is 14.9. The molecule has 0 radical (unpaired) electrons. The van der Waals surface area contributed by atoms with Gasteiger partial charge in [-0.2, -0.15) is 0 Å². The normalized spacial score (nSPS) is 10.3. The van der Waals surface area contributed by atoms with E-state index >= 15 is 0 Å². The topological polar surface area (TPSA) is 67.2 Å². The summed E-state index contributed by atoms with van der Waals surface area (Å²) in [6.07, 6.45) is 6.75. The summed E-state index contributed by atoms with van der Waals surface area (Å²) in [7, 11) is 0. The highest BCUT2D eigenvalue weighted by Crippen LogP contribution is 2.09. The standard InChI is InChI=1S/C16H21N3O2/c1-2-3-4-8-17-13-7-9-18-15(11-13)16(20)19-12-14-6-5-10-21-14/h5-7,9-11H,2-4,8,12H2,1H3,(H,17,18)(H,19,20). The number of nitrogens with zero attached hydrogens (tertiary/aromatic N) is 1. The molecule has 0 spiro atoms. The molecule has 5 nitrogen and oxygen atoms in total. The number of unbranched alkanes of at least 4 members (excludes halogenated alkanes) is 2. The quantitative estimate of drug-likeness (QED) is 0.732. The summed E-state index contributed by atoms with van der Waals surface area (Å²) in [5.41, 5.74) is 1.33. The van der Waals surface area contributed by atoms with Crippen LogP contribution >= 0.6 is 0 Å². The molecule has 0 aliphatic carbocycles. The van der Waals surface area contributed by atoms with E-state index in [-0.39, 0.29) is 5.91 Å². The van der Waals surface area contributed by atoms with Gasteiger partial charge in [0.15, 0.2) is 0 Å². The van der Waals surface area contributed by atoms with Crippen molar-refractivity contribution >= 4 is 11.6 Å². The summed E-state index contributed by atoms with van der Waals surface area (Å²) in [6.45, 7) is 3.45. The van der Waals surface area contributed by atoms with Gasteiger partial charge in [-0.05, 0) is 30.7 Å². The van der Waals surface area contributed by atoms with E-state index < -0.39 is 0 Å². The number of nitrogens with one attached hydrogen (secondary N) is 2. The van der Waals surface area contributed by atoms with Crippen LogP contribution < -0.4 is 10.6 Å². The lowest BCUT2D eigenvalue weighted by atomic mass is 10.2. The Hall–Kier alpha value is -2.30. The van der Waals surface area contributed by atoms with Gasteiger partial charge in [-0.25, -0.2) is 0 Å². The molecule has 2 N–H and O–H groups in total. The Kier molecular flexibility index (Phi) is 5.82. The van der Waals surface area contributed by atoms with Crippen molar-refractivity contribution in [3.05, 3.63) is 48.2 Å². The van der Waals surface area contributed by atoms with E-state index in [1.165, 1.54) is 12.8 Å². The molecule has 0 fully saturated rings. The average molecular weight is 287 g/mol. The first-order chi connectivity index (χ1) is 10.3. The largest absolute Gasteiger partial charge is 0.467 e. The van der Waals surface area contributed by atoms with E-state index in [1.807, 2.05) is 12.1 Å². The zero-order valence-corrected chi connectivity index (χ0v) is 12.3. The number of aromatic nitrogens is 1. The Labute approximate surface area is 124 Å². The number of carbonyl (C=O) groups is 1. The summed E-state index contributed by atoms with van der Waals surface area (Å²) in [6, 6.07) is 7.25. The molecule has 0 aliphatic rings. The minimum absolute atomic E-state index is 0.205. The predicted octanol–water partition coefficient (Wildman–Crippen LogP) is 3.21. The molecule has 0 saturated heterocycles. The van der Waals surface area contributed by atoms with E-state index in [9.17, 15) is 4.79 Å². The minimum atomic E-state index is -0.205. The van der Waals surface area contributed by atoms with Gasteiger partial charge in [0.1, 0.15) is 11.5 Å². The summed E-state index contributed by atoms with van der Waals surface area (Å²) in [5, 5.41) is 6.09. The fourth-order valence-electron chi connectivity index (χ4n) is 1.94. The lowest BCUT2D eigenvalue weighted by Crippen LogP contribution is -2.23. The van der Waals surface area contributed by atoms with Crippen LogP contribution in [0.25, 0.3) is 0 Å². The molecule has 2 rings (SSSR count). The lowest BCUT2D eigenvalue weighted by Gasteiger charge is -2.07. The lowest BCUT2D eigenvalue weighted by molar-refractivity contribution is 0.0943. The van der Waals surface area contributed by atoms with Gasteiger partial charge in [0.25, 0.3) is 5.91 Å².